The van der Waals surface area contributed by atoms with Crippen molar-refractivity contribution in [2.24, 2.45) is 5.92 Å². The number of carbonyl (C=O) groups excluding carboxylic acids is 1. The fourth-order valence-electron chi connectivity index (χ4n) is 2.57. The third-order valence-corrected chi connectivity index (χ3v) is 3.81. The molecule has 1 aliphatic rings. The Bertz CT molecular complexity index is 519. The fraction of sp³-hybridized carbons (Fsp3) is 0.533. The largest absolute Gasteiger partial charge is 0.490 e. The molecule has 0 N–H and O–H groups in total. The molecule has 0 unspecified atom stereocenters. The van der Waals surface area contributed by atoms with Gasteiger partial charge >= 0.3 is 0 Å². The van der Waals surface area contributed by atoms with E-state index < -0.39 is 4.92 Å². The van der Waals surface area contributed by atoms with Gasteiger partial charge in [0.1, 0.15) is 5.75 Å². The Morgan fingerprint density at radius 1 is 1.30 bits per heavy atom. The van der Waals surface area contributed by atoms with Crippen LogP contribution in [0, 0.1) is 16.0 Å². The zero-order valence-corrected chi connectivity index (χ0v) is 11.8. The molecule has 5 nitrogen and oxygen atoms in total. The average molecular weight is 277 g/mol. The lowest BCUT2D eigenvalue weighted by Crippen LogP contribution is -2.23. The first kappa shape index (κ1) is 14.5. The second-order valence-electron chi connectivity index (χ2n) is 5.49. The van der Waals surface area contributed by atoms with E-state index in [4.69, 9.17) is 4.74 Å². The molecule has 0 atom stereocenters. The van der Waals surface area contributed by atoms with Crippen LogP contribution in [0.1, 0.15) is 49.9 Å². The Labute approximate surface area is 118 Å². The van der Waals surface area contributed by atoms with Crippen molar-refractivity contribution in [2.75, 3.05) is 0 Å². The van der Waals surface area contributed by atoms with Crippen LogP contribution in [0.25, 0.3) is 0 Å². The number of ketones is 1. The molecule has 5 heteroatoms. The maximum absolute atomic E-state index is 11.5. The van der Waals surface area contributed by atoms with Gasteiger partial charge in [0.15, 0.2) is 5.78 Å². The smallest absolute Gasteiger partial charge is 0.280 e. The quantitative estimate of drug-likeness (QED) is 0.477. The van der Waals surface area contributed by atoms with Crippen LogP contribution in [0.5, 0.6) is 5.75 Å². The predicted octanol–water partition coefficient (Wildman–Crippen LogP) is 3.75. The van der Waals surface area contributed by atoms with Crippen LogP contribution in [-0.2, 0) is 0 Å². The van der Waals surface area contributed by atoms with Gasteiger partial charge in [-0.3, -0.25) is 14.9 Å². The number of hydrogen-bond donors (Lipinski definition) is 0. The molecule has 1 aromatic rings. The monoisotopic (exact) mass is 277 g/mol. The number of nitro groups is 1. The van der Waals surface area contributed by atoms with Crippen LogP contribution in [0.3, 0.4) is 0 Å². The van der Waals surface area contributed by atoms with Crippen molar-refractivity contribution in [1.82, 2.24) is 0 Å². The van der Waals surface area contributed by atoms with E-state index in [0.717, 1.165) is 31.6 Å². The molecule has 0 heterocycles. The van der Waals surface area contributed by atoms with Crippen molar-refractivity contribution in [3.05, 3.63) is 33.9 Å². The van der Waals surface area contributed by atoms with Crippen molar-refractivity contribution in [3.63, 3.8) is 0 Å². The van der Waals surface area contributed by atoms with E-state index >= 15 is 0 Å². The molecule has 20 heavy (non-hydrogen) atoms. The zero-order chi connectivity index (χ0) is 14.7. The number of benzene rings is 1. The van der Waals surface area contributed by atoms with Gasteiger partial charge in [-0.25, -0.2) is 0 Å². The third kappa shape index (κ3) is 3.35. The van der Waals surface area contributed by atoms with Crippen LogP contribution in [0.4, 0.5) is 5.69 Å². The minimum Gasteiger partial charge on any atom is -0.490 e. The van der Waals surface area contributed by atoms with Gasteiger partial charge < -0.3 is 4.74 Å². The normalized spacial score (nSPS) is 22.3. The van der Waals surface area contributed by atoms with Crippen LogP contribution in [0.15, 0.2) is 18.2 Å². The van der Waals surface area contributed by atoms with Gasteiger partial charge in [-0.1, -0.05) is 6.92 Å². The Morgan fingerprint density at radius 2 is 1.95 bits per heavy atom. The Morgan fingerprint density at radius 3 is 2.50 bits per heavy atom. The summed E-state index contributed by atoms with van der Waals surface area (Å²) in [4.78, 5) is 21.8. The number of ether oxygens (including phenoxy) is 1. The van der Waals surface area contributed by atoms with E-state index in [9.17, 15) is 14.9 Å². The molecule has 0 bridgehead atoms. The predicted molar refractivity (Wildman–Crippen MR) is 75.1 cm³/mol. The topological polar surface area (TPSA) is 69.4 Å². The molecule has 108 valence electrons. The minimum atomic E-state index is -0.539. The molecule has 1 saturated carbocycles. The van der Waals surface area contributed by atoms with E-state index in [-0.39, 0.29) is 23.1 Å². The number of hydrogen-bond acceptors (Lipinski definition) is 4. The number of Topliss-reactive ketones (excluding diaryl/α,β-unsaturated/α-hetero) is 1. The van der Waals surface area contributed by atoms with Crippen LogP contribution in [0.2, 0.25) is 0 Å². The third-order valence-electron chi connectivity index (χ3n) is 3.81. The second kappa shape index (κ2) is 6.03. The number of nitro benzene ring substituents is 1. The summed E-state index contributed by atoms with van der Waals surface area (Å²) in [6.45, 7) is 3.56. The van der Waals surface area contributed by atoms with Crippen LogP contribution < -0.4 is 4.74 Å². The van der Waals surface area contributed by atoms with Gasteiger partial charge in [-0.2, -0.15) is 0 Å². The van der Waals surface area contributed by atoms with Crippen LogP contribution in [-0.4, -0.2) is 16.8 Å². The Kier molecular flexibility index (Phi) is 4.37. The molecule has 1 aromatic carbocycles. The SMILES string of the molecule is CC(=O)c1cc(OC2CCC(C)CC2)ccc1[N+](=O)[O-]. The summed E-state index contributed by atoms with van der Waals surface area (Å²) in [5.41, 5.74) is -0.0567. The van der Waals surface area contributed by atoms with Crippen molar-refractivity contribution >= 4 is 11.5 Å². The summed E-state index contributed by atoms with van der Waals surface area (Å²) < 4.78 is 5.85. The highest BCUT2D eigenvalue weighted by Gasteiger charge is 2.22. The molecule has 2 rings (SSSR count). The van der Waals surface area contributed by atoms with Gasteiger partial charge in [0.2, 0.25) is 0 Å². The van der Waals surface area contributed by atoms with Crippen molar-refractivity contribution in [2.45, 2.75) is 45.6 Å². The molecule has 0 amide bonds. The first-order valence-electron chi connectivity index (χ1n) is 6.93. The minimum absolute atomic E-state index is 0.108. The fourth-order valence-corrected chi connectivity index (χ4v) is 2.57. The first-order valence-corrected chi connectivity index (χ1v) is 6.93. The first-order chi connectivity index (χ1) is 9.47. The number of nitrogens with zero attached hydrogens (tertiary/aromatic N) is 1. The van der Waals surface area contributed by atoms with Crippen molar-refractivity contribution < 1.29 is 14.5 Å². The summed E-state index contributed by atoms with van der Waals surface area (Å²) in [5.74, 6) is 0.958. The summed E-state index contributed by atoms with van der Waals surface area (Å²) in [5, 5.41) is 10.9. The maximum Gasteiger partial charge on any atom is 0.280 e. The lowest BCUT2D eigenvalue weighted by Gasteiger charge is -2.26. The molecular weight excluding hydrogens is 258 g/mol. The van der Waals surface area contributed by atoms with Gasteiger partial charge in [-0.15, -0.1) is 0 Å². The molecule has 0 aliphatic heterocycles. The molecule has 0 aromatic heterocycles. The average Bonchev–Trinajstić information content (AvgIpc) is 2.41. The Balaban J connectivity index is 2.15. The van der Waals surface area contributed by atoms with Gasteiger partial charge in [-0.05, 0) is 50.7 Å². The Hall–Kier alpha value is -1.91. The van der Waals surface area contributed by atoms with E-state index in [1.54, 1.807) is 6.07 Å². The summed E-state index contributed by atoms with van der Waals surface area (Å²) in [7, 11) is 0. The summed E-state index contributed by atoms with van der Waals surface area (Å²) in [6, 6.07) is 4.40. The molecular formula is C15H19NO4. The molecule has 1 fully saturated rings. The highest BCUT2D eigenvalue weighted by Crippen LogP contribution is 2.29. The maximum atomic E-state index is 11.5. The van der Waals surface area contributed by atoms with Gasteiger partial charge in [0.25, 0.3) is 5.69 Å². The summed E-state index contributed by atoms with van der Waals surface area (Å²) in [6.07, 6.45) is 4.41. The summed E-state index contributed by atoms with van der Waals surface area (Å²) >= 11 is 0. The highest BCUT2D eigenvalue weighted by molar-refractivity contribution is 5.98. The van der Waals surface area contributed by atoms with E-state index in [2.05, 4.69) is 6.92 Å². The second-order valence-corrected chi connectivity index (χ2v) is 5.49. The van der Waals surface area contributed by atoms with E-state index in [1.165, 1.54) is 19.1 Å². The van der Waals surface area contributed by atoms with E-state index in [1.807, 2.05) is 0 Å². The van der Waals surface area contributed by atoms with Gasteiger partial charge in [0, 0.05) is 6.07 Å². The van der Waals surface area contributed by atoms with Crippen molar-refractivity contribution in [1.29, 1.82) is 0 Å². The lowest BCUT2D eigenvalue weighted by molar-refractivity contribution is -0.385. The molecule has 0 radical (unpaired) electrons. The standard InChI is InChI=1S/C15H19NO4/c1-10-3-5-12(6-4-10)20-13-7-8-15(16(18)19)14(9-13)11(2)17/h7-10,12H,3-6H2,1-2H3. The number of carbonyl (C=O) groups is 1. The molecule has 1 aliphatic carbocycles. The highest BCUT2D eigenvalue weighted by atomic mass is 16.6. The molecule has 0 saturated heterocycles. The zero-order valence-electron chi connectivity index (χ0n) is 11.8. The van der Waals surface area contributed by atoms with Crippen molar-refractivity contribution in [3.8, 4) is 5.75 Å². The molecule has 0 spiro atoms. The van der Waals surface area contributed by atoms with E-state index in [0.29, 0.717) is 5.75 Å². The number of rotatable bonds is 4. The van der Waals surface area contributed by atoms with Gasteiger partial charge in [0.05, 0.1) is 16.6 Å². The lowest BCUT2D eigenvalue weighted by atomic mass is 9.89. The van der Waals surface area contributed by atoms with Crippen LogP contribution >= 0.6 is 0 Å².